The van der Waals surface area contributed by atoms with Gasteiger partial charge in [0.25, 0.3) is 5.91 Å². The molecule has 0 radical (unpaired) electrons. The number of hydrogen-bond acceptors (Lipinski definition) is 5. The molecule has 0 spiro atoms. The fourth-order valence-electron chi connectivity index (χ4n) is 3.13. The van der Waals surface area contributed by atoms with Crippen LogP contribution in [-0.2, 0) is 4.79 Å². The van der Waals surface area contributed by atoms with E-state index < -0.39 is 0 Å². The maximum Gasteiger partial charge on any atom is 0.280 e. The van der Waals surface area contributed by atoms with Crippen molar-refractivity contribution in [3.05, 3.63) is 41.3 Å². The van der Waals surface area contributed by atoms with Crippen molar-refractivity contribution in [3.63, 3.8) is 0 Å². The van der Waals surface area contributed by atoms with Gasteiger partial charge in [-0.05, 0) is 30.5 Å². The van der Waals surface area contributed by atoms with Crippen LogP contribution in [0.2, 0.25) is 0 Å². The third-order valence-corrected chi connectivity index (χ3v) is 5.26. The van der Waals surface area contributed by atoms with Gasteiger partial charge in [-0.3, -0.25) is 4.79 Å². The summed E-state index contributed by atoms with van der Waals surface area (Å²) in [5, 5.41) is 14.3. The predicted molar refractivity (Wildman–Crippen MR) is 103 cm³/mol. The van der Waals surface area contributed by atoms with E-state index in [1.54, 1.807) is 6.07 Å². The minimum absolute atomic E-state index is 0.0397. The second-order valence-corrected chi connectivity index (χ2v) is 7.05. The smallest absolute Gasteiger partial charge is 0.280 e. The lowest BCUT2D eigenvalue weighted by Gasteiger charge is -2.34. The Balaban J connectivity index is 1.53. The average Bonchev–Trinajstić information content (AvgIpc) is 3.10. The summed E-state index contributed by atoms with van der Waals surface area (Å²) in [5.41, 5.74) is 1.64. The van der Waals surface area contributed by atoms with E-state index in [9.17, 15) is 4.79 Å². The average molecular weight is 371 g/mol. The molecule has 26 heavy (non-hydrogen) atoms. The highest BCUT2D eigenvalue weighted by Crippen LogP contribution is 2.27. The molecule has 0 atom stereocenters. The molecule has 0 aliphatic carbocycles. The molecule has 1 saturated heterocycles. The van der Waals surface area contributed by atoms with Crippen molar-refractivity contribution in [1.82, 2.24) is 0 Å². The number of amides is 1. The van der Waals surface area contributed by atoms with E-state index in [1.807, 2.05) is 30.5 Å². The molecular weight excluding hydrogens is 348 g/mol. The number of para-hydroxylation sites is 2. The highest BCUT2D eigenvalue weighted by atomic mass is 32.1. The van der Waals surface area contributed by atoms with Crippen LogP contribution in [0.4, 0.5) is 10.7 Å². The molecule has 136 valence electrons. The van der Waals surface area contributed by atoms with Gasteiger partial charge in [0, 0.05) is 0 Å². The van der Waals surface area contributed by atoms with Gasteiger partial charge >= 0.3 is 0 Å². The molecule has 0 saturated carbocycles. The van der Waals surface area contributed by atoms with Crippen molar-refractivity contribution < 1.29 is 14.4 Å². The topological polar surface area (TPSA) is 69.8 Å². The zero-order chi connectivity index (χ0) is 18.4. The molecule has 1 aromatic carbocycles. The Morgan fingerprint density at radius 1 is 1.35 bits per heavy atom. The Morgan fingerprint density at radius 2 is 2.12 bits per heavy atom. The lowest BCUT2D eigenvalue weighted by molar-refractivity contribution is -0.892. The summed E-state index contributed by atoms with van der Waals surface area (Å²) >= 11 is 1.38. The van der Waals surface area contributed by atoms with Crippen LogP contribution in [0.5, 0.6) is 5.75 Å². The lowest BCUT2D eigenvalue weighted by Crippen LogP contribution is -3.15. The Hall–Kier alpha value is -2.56. The number of nitriles is 1. The summed E-state index contributed by atoms with van der Waals surface area (Å²) in [6, 6.07) is 11.9. The van der Waals surface area contributed by atoms with Gasteiger partial charge in [0.1, 0.15) is 16.8 Å². The molecule has 2 heterocycles. The highest BCUT2D eigenvalue weighted by molar-refractivity contribution is 7.14. The van der Waals surface area contributed by atoms with Gasteiger partial charge in [0.05, 0.1) is 44.0 Å². The first-order valence-corrected chi connectivity index (χ1v) is 9.67. The second kappa shape index (κ2) is 8.70. The Labute approximate surface area is 157 Å². The van der Waals surface area contributed by atoms with Crippen molar-refractivity contribution in [2.45, 2.75) is 6.92 Å². The van der Waals surface area contributed by atoms with Crippen LogP contribution in [0.15, 0.2) is 35.7 Å². The van der Waals surface area contributed by atoms with E-state index in [2.05, 4.69) is 22.4 Å². The molecule has 7 heteroatoms. The van der Waals surface area contributed by atoms with Crippen molar-refractivity contribution >= 4 is 27.9 Å². The number of carbonyl (C=O) groups excluding carboxylic acids is 1. The first-order chi connectivity index (χ1) is 12.7. The zero-order valence-electron chi connectivity index (χ0n) is 14.8. The summed E-state index contributed by atoms with van der Waals surface area (Å²) in [6.45, 7) is 6.61. The van der Waals surface area contributed by atoms with Crippen LogP contribution in [0, 0.1) is 11.3 Å². The SMILES string of the molecule is CCOc1ccccc1N1CC[NH+](CC(=O)Nc2sccc2C#N)CC1. The van der Waals surface area contributed by atoms with E-state index in [0.29, 0.717) is 23.7 Å². The van der Waals surface area contributed by atoms with Crippen molar-refractivity contribution in [2.75, 3.05) is 49.5 Å². The molecule has 0 bridgehead atoms. The van der Waals surface area contributed by atoms with E-state index in [-0.39, 0.29) is 5.91 Å². The van der Waals surface area contributed by atoms with Gasteiger partial charge < -0.3 is 19.9 Å². The first-order valence-electron chi connectivity index (χ1n) is 8.79. The number of hydrogen-bond donors (Lipinski definition) is 2. The molecule has 3 rings (SSSR count). The molecule has 0 unspecified atom stereocenters. The lowest BCUT2D eigenvalue weighted by atomic mass is 10.2. The van der Waals surface area contributed by atoms with Crippen LogP contribution in [0.1, 0.15) is 12.5 Å². The van der Waals surface area contributed by atoms with Gasteiger partial charge in [0.15, 0.2) is 6.54 Å². The number of benzene rings is 1. The van der Waals surface area contributed by atoms with Crippen LogP contribution >= 0.6 is 11.3 Å². The van der Waals surface area contributed by atoms with E-state index >= 15 is 0 Å². The summed E-state index contributed by atoms with van der Waals surface area (Å²) < 4.78 is 5.72. The maximum atomic E-state index is 12.3. The van der Waals surface area contributed by atoms with Crippen LogP contribution < -0.4 is 19.9 Å². The third-order valence-electron chi connectivity index (χ3n) is 4.43. The molecule has 1 fully saturated rings. The number of thiophene rings is 1. The number of carbonyl (C=O) groups is 1. The molecule has 1 aliphatic rings. The molecule has 6 nitrogen and oxygen atoms in total. The van der Waals surface area contributed by atoms with Gasteiger partial charge in [-0.2, -0.15) is 5.26 Å². The largest absolute Gasteiger partial charge is 0.492 e. The normalized spacial score (nSPS) is 14.7. The van der Waals surface area contributed by atoms with Crippen molar-refractivity contribution in [3.8, 4) is 11.8 Å². The number of piperazine rings is 1. The van der Waals surface area contributed by atoms with E-state index in [4.69, 9.17) is 10.00 Å². The minimum atomic E-state index is -0.0397. The number of ether oxygens (including phenoxy) is 1. The molecule has 2 aromatic rings. The first kappa shape index (κ1) is 18.2. The molecule has 1 aromatic heterocycles. The Bertz CT molecular complexity index is 791. The van der Waals surface area contributed by atoms with Gasteiger partial charge in [-0.1, -0.05) is 12.1 Å². The summed E-state index contributed by atoms with van der Waals surface area (Å²) in [5.74, 6) is 0.875. The van der Waals surface area contributed by atoms with Crippen LogP contribution in [0.25, 0.3) is 0 Å². The molecular formula is C19H23N4O2S+. The molecule has 1 aliphatic heterocycles. The van der Waals surface area contributed by atoms with E-state index in [1.165, 1.54) is 16.2 Å². The van der Waals surface area contributed by atoms with Gasteiger partial charge in [-0.15, -0.1) is 11.3 Å². The van der Waals surface area contributed by atoms with Crippen LogP contribution in [0.3, 0.4) is 0 Å². The Morgan fingerprint density at radius 3 is 2.85 bits per heavy atom. The number of nitrogens with one attached hydrogen (secondary N) is 2. The highest BCUT2D eigenvalue weighted by Gasteiger charge is 2.24. The van der Waals surface area contributed by atoms with Crippen molar-refractivity contribution in [2.24, 2.45) is 0 Å². The summed E-state index contributed by atoms with van der Waals surface area (Å²) in [6.07, 6.45) is 0. The number of quaternary nitrogens is 1. The van der Waals surface area contributed by atoms with Gasteiger partial charge in [-0.25, -0.2) is 0 Å². The minimum Gasteiger partial charge on any atom is -0.492 e. The van der Waals surface area contributed by atoms with Crippen LogP contribution in [-0.4, -0.2) is 45.2 Å². The number of rotatable bonds is 6. The molecule has 2 N–H and O–H groups in total. The fourth-order valence-corrected chi connectivity index (χ4v) is 3.88. The summed E-state index contributed by atoms with van der Waals surface area (Å²) in [4.78, 5) is 15.8. The number of nitrogens with zero attached hydrogens (tertiary/aromatic N) is 2. The second-order valence-electron chi connectivity index (χ2n) is 6.14. The summed E-state index contributed by atoms with van der Waals surface area (Å²) in [7, 11) is 0. The van der Waals surface area contributed by atoms with Crippen molar-refractivity contribution in [1.29, 1.82) is 5.26 Å². The standard InChI is InChI=1S/C19H22N4O2S/c1-2-25-17-6-4-3-5-16(17)23-10-8-22(9-11-23)14-18(24)21-19-15(13-20)7-12-26-19/h3-7,12H,2,8-11,14H2,1H3,(H,21,24)/p+1. The van der Waals surface area contributed by atoms with E-state index in [0.717, 1.165) is 37.6 Å². The predicted octanol–water partition coefficient (Wildman–Crippen LogP) is 1.36. The van der Waals surface area contributed by atoms with Gasteiger partial charge in [0.2, 0.25) is 0 Å². The monoisotopic (exact) mass is 371 g/mol. The molecule has 1 amide bonds. The number of anilines is 2. The maximum absolute atomic E-state index is 12.3. The third kappa shape index (κ3) is 4.34. The fraction of sp³-hybridized carbons (Fsp3) is 0.368. The quantitative estimate of drug-likeness (QED) is 0.805. The Kier molecular flexibility index (Phi) is 6.10. The zero-order valence-corrected chi connectivity index (χ0v) is 15.6.